The number of ether oxygens (including phenoxy) is 1. The Morgan fingerprint density at radius 2 is 2.30 bits per heavy atom. The number of methoxy groups -OCH3 is 1. The second kappa shape index (κ2) is 7.09. The van der Waals surface area contributed by atoms with Gasteiger partial charge < -0.3 is 15.8 Å². The standard InChI is InChI=1S/C15H21BrN2O2/c1-20-14-6-5-10(7-13(14)16)9-18-15(19)12-4-2-3-11(12)8-17/h5-7,11-12H,2-4,8-9,17H2,1H3,(H,18,19)/t11-,12-/m1/s1. The first kappa shape index (κ1) is 15.3. The maximum absolute atomic E-state index is 12.2. The van der Waals surface area contributed by atoms with Crippen molar-refractivity contribution >= 4 is 21.8 Å². The minimum absolute atomic E-state index is 0.0849. The first-order valence-electron chi connectivity index (χ1n) is 6.96. The van der Waals surface area contributed by atoms with E-state index in [0.29, 0.717) is 19.0 Å². The SMILES string of the molecule is COc1ccc(CNC(=O)[C@@H]2CCC[C@@H]2CN)cc1Br. The van der Waals surface area contributed by atoms with Crippen molar-refractivity contribution in [2.24, 2.45) is 17.6 Å². The predicted molar refractivity (Wildman–Crippen MR) is 82.4 cm³/mol. The van der Waals surface area contributed by atoms with Gasteiger partial charge in [0.05, 0.1) is 11.6 Å². The summed E-state index contributed by atoms with van der Waals surface area (Å²) >= 11 is 3.45. The van der Waals surface area contributed by atoms with Crippen molar-refractivity contribution in [3.63, 3.8) is 0 Å². The molecule has 0 radical (unpaired) electrons. The van der Waals surface area contributed by atoms with Gasteiger partial charge in [0.15, 0.2) is 0 Å². The van der Waals surface area contributed by atoms with E-state index in [4.69, 9.17) is 10.5 Å². The molecule has 2 rings (SSSR count). The van der Waals surface area contributed by atoms with Crippen LogP contribution in [0.5, 0.6) is 5.75 Å². The number of carbonyl (C=O) groups is 1. The van der Waals surface area contributed by atoms with Gasteiger partial charge in [-0.05, 0) is 58.9 Å². The van der Waals surface area contributed by atoms with Crippen LogP contribution in [0.1, 0.15) is 24.8 Å². The zero-order chi connectivity index (χ0) is 14.5. The van der Waals surface area contributed by atoms with Gasteiger partial charge in [0.25, 0.3) is 0 Å². The third-order valence-electron chi connectivity index (χ3n) is 3.98. The molecule has 110 valence electrons. The van der Waals surface area contributed by atoms with Crippen molar-refractivity contribution in [3.05, 3.63) is 28.2 Å². The van der Waals surface area contributed by atoms with Crippen LogP contribution in [0.2, 0.25) is 0 Å². The van der Waals surface area contributed by atoms with Gasteiger partial charge in [-0.1, -0.05) is 12.5 Å². The fraction of sp³-hybridized carbons (Fsp3) is 0.533. The Balaban J connectivity index is 1.91. The molecular formula is C15H21BrN2O2. The number of hydrogen-bond acceptors (Lipinski definition) is 3. The number of hydrogen-bond donors (Lipinski definition) is 2. The van der Waals surface area contributed by atoms with E-state index >= 15 is 0 Å². The van der Waals surface area contributed by atoms with E-state index in [9.17, 15) is 4.79 Å². The van der Waals surface area contributed by atoms with Gasteiger partial charge in [-0.25, -0.2) is 0 Å². The summed E-state index contributed by atoms with van der Waals surface area (Å²) in [7, 11) is 1.63. The van der Waals surface area contributed by atoms with Crippen LogP contribution < -0.4 is 15.8 Å². The van der Waals surface area contributed by atoms with Gasteiger partial charge in [0, 0.05) is 12.5 Å². The first-order chi connectivity index (χ1) is 9.65. The van der Waals surface area contributed by atoms with Gasteiger partial charge in [0.1, 0.15) is 5.75 Å². The highest BCUT2D eigenvalue weighted by Crippen LogP contribution is 2.31. The summed E-state index contributed by atoms with van der Waals surface area (Å²) in [6, 6.07) is 5.82. The lowest BCUT2D eigenvalue weighted by Gasteiger charge is -2.17. The van der Waals surface area contributed by atoms with Gasteiger partial charge >= 0.3 is 0 Å². The molecule has 0 bridgehead atoms. The average Bonchev–Trinajstić information content (AvgIpc) is 2.93. The molecule has 1 fully saturated rings. The van der Waals surface area contributed by atoms with Crippen LogP contribution >= 0.6 is 15.9 Å². The Hall–Kier alpha value is -1.07. The summed E-state index contributed by atoms with van der Waals surface area (Å²) in [6.45, 7) is 1.14. The Morgan fingerprint density at radius 3 is 2.95 bits per heavy atom. The lowest BCUT2D eigenvalue weighted by atomic mass is 9.95. The number of carbonyl (C=O) groups excluding carboxylic acids is 1. The van der Waals surface area contributed by atoms with Gasteiger partial charge in [-0.3, -0.25) is 4.79 Å². The van der Waals surface area contributed by atoms with Crippen LogP contribution in [0.3, 0.4) is 0 Å². The molecule has 0 unspecified atom stereocenters. The van der Waals surface area contributed by atoms with E-state index in [1.807, 2.05) is 18.2 Å². The topological polar surface area (TPSA) is 64.3 Å². The van der Waals surface area contributed by atoms with E-state index in [0.717, 1.165) is 35.0 Å². The molecule has 1 amide bonds. The van der Waals surface area contributed by atoms with Crippen molar-refractivity contribution in [2.75, 3.05) is 13.7 Å². The van der Waals surface area contributed by atoms with Crippen molar-refractivity contribution in [2.45, 2.75) is 25.8 Å². The Kier molecular flexibility index (Phi) is 5.43. The van der Waals surface area contributed by atoms with Crippen molar-refractivity contribution < 1.29 is 9.53 Å². The largest absolute Gasteiger partial charge is 0.496 e. The lowest BCUT2D eigenvalue weighted by Crippen LogP contribution is -2.34. The zero-order valence-corrected chi connectivity index (χ0v) is 13.3. The average molecular weight is 341 g/mol. The maximum atomic E-state index is 12.2. The van der Waals surface area contributed by atoms with E-state index in [2.05, 4.69) is 21.2 Å². The van der Waals surface area contributed by atoms with E-state index < -0.39 is 0 Å². The maximum Gasteiger partial charge on any atom is 0.223 e. The number of nitrogens with two attached hydrogens (primary N) is 1. The number of halogens is 1. The van der Waals surface area contributed by atoms with Crippen LogP contribution in [0.25, 0.3) is 0 Å². The summed E-state index contributed by atoms with van der Waals surface area (Å²) in [5.41, 5.74) is 6.77. The van der Waals surface area contributed by atoms with Crippen LogP contribution in [0.15, 0.2) is 22.7 Å². The Morgan fingerprint density at radius 1 is 1.50 bits per heavy atom. The van der Waals surface area contributed by atoms with Crippen molar-refractivity contribution in [3.8, 4) is 5.75 Å². The molecule has 1 aromatic carbocycles. The summed E-state index contributed by atoms with van der Waals surface area (Å²) < 4.78 is 6.08. The number of amides is 1. The molecular weight excluding hydrogens is 320 g/mol. The minimum Gasteiger partial charge on any atom is -0.496 e. The van der Waals surface area contributed by atoms with Crippen molar-refractivity contribution in [1.82, 2.24) is 5.32 Å². The third kappa shape index (κ3) is 3.52. The van der Waals surface area contributed by atoms with E-state index in [-0.39, 0.29) is 11.8 Å². The molecule has 1 aromatic rings. The lowest BCUT2D eigenvalue weighted by molar-refractivity contribution is -0.126. The third-order valence-corrected chi connectivity index (χ3v) is 4.60. The predicted octanol–water partition coefficient (Wildman–Crippen LogP) is 2.45. The molecule has 4 nitrogen and oxygen atoms in total. The van der Waals surface area contributed by atoms with Gasteiger partial charge in [0.2, 0.25) is 5.91 Å². The van der Waals surface area contributed by atoms with E-state index in [1.165, 1.54) is 0 Å². The molecule has 0 aromatic heterocycles. The molecule has 1 aliphatic rings. The molecule has 2 atom stereocenters. The molecule has 1 saturated carbocycles. The summed E-state index contributed by atoms with van der Waals surface area (Å²) in [5.74, 6) is 1.35. The highest BCUT2D eigenvalue weighted by Gasteiger charge is 2.31. The van der Waals surface area contributed by atoms with Crippen LogP contribution in [-0.2, 0) is 11.3 Å². The van der Waals surface area contributed by atoms with Gasteiger partial charge in [-0.2, -0.15) is 0 Å². The minimum atomic E-state index is 0.0849. The molecule has 5 heteroatoms. The summed E-state index contributed by atoms with van der Waals surface area (Å²) in [5, 5.41) is 3.01. The molecule has 3 N–H and O–H groups in total. The summed E-state index contributed by atoms with van der Waals surface area (Å²) in [4.78, 5) is 12.2. The molecule has 20 heavy (non-hydrogen) atoms. The van der Waals surface area contributed by atoms with Gasteiger partial charge in [-0.15, -0.1) is 0 Å². The zero-order valence-electron chi connectivity index (χ0n) is 11.7. The van der Waals surface area contributed by atoms with Crippen molar-refractivity contribution in [1.29, 1.82) is 0 Å². The summed E-state index contributed by atoms with van der Waals surface area (Å²) in [6.07, 6.45) is 3.14. The fourth-order valence-corrected chi connectivity index (χ4v) is 3.39. The smallest absolute Gasteiger partial charge is 0.223 e. The van der Waals surface area contributed by atoms with E-state index in [1.54, 1.807) is 7.11 Å². The Bertz CT molecular complexity index is 479. The van der Waals surface area contributed by atoms with Crippen LogP contribution in [-0.4, -0.2) is 19.6 Å². The molecule has 0 aliphatic heterocycles. The highest BCUT2D eigenvalue weighted by atomic mass is 79.9. The second-order valence-electron chi connectivity index (χ2n) is 5.22. The number of rotatable bonds is 5. The Labute approximate surface area is 128 Å². The monoisotopic (exact) mass is 340 g/mol. The number of nitrogens with one attached hydrogen (secondary N) is 1. The number of benzene rings is 1. The molecule has 0 saturated heterocycles. The first-order valence-corrected chi connectivity index (χ1v) is 7.75. The van der Waals surface area contributed by atoms with Crippen LogP contribution in [0.4, 0.5) is 0 Å². The van der Waals surface area contributed by atoms with Crippen LogP contribution in [0, 0.1) is 11.8 Å². The quantitative estimate of drug-likeness (QED) is 0.865. The fourth-order valence-electron chi connectivity index (χ4n) is 2.80. The highest BCUT2D eigenvalue weighted by molar-refractivity contribution is 9.10. The normalized spacial score (nSPS) is 21.8. The molecule has 1 aliphatic carbocycles. The second-order valence-corrected chi connectivity index (χ2v) is 6.07. The molecule has 0 heterocycles. The molecule has 0 spiro atoms.